The average Bonchev–Trinajstić information content (AvgIpc) is 2.37. The first-order valence-corrected chi connectivity index (χ1v) is 5.98. The third-order valence-corrected chi connectivity index (χ3v) is 3.09. The Balaban J connectivity index is 2.45. The number of hydrogen-bond donors (Lipinski definition) is 1. The van der Waals surface area contributed by atoms with Crippen molar-refractivity contribution in [3.8, 4) is 0 Å². The fourth-order valence-electron chi connectivity index (χ4n) is 2.04. The summed E-state index contributed by atoms with van der Waals surface area (Å²) in [4.78, 5) is 4.26. The summed E-state index contributed by atoms with van der Waals surface area (Å²) in [6.07, 6.45) is 1.79. The largest absolute Gasteiger partial charge is 0.309 e. The second kappa shape index (κ2) is 5.27. The van der Waals surface area contributed by atoms with Crippen molar-refractivity contribution in [1.29, 1.82) is 0 Å². The van der Waals surface area contributed by atoms with Crippen LogP contribution in [0.3, 0.4) is 0 Å². The first-order chi connectivity index (χ1) is 8.63. The second-order valence-corrected chi connectivity index (χ2v) is 4.43. The molecule has 1 atom stereocenters. The van der Waals surface area contributed by atoms with Gasteiger partial charge in [0.1, 0.15) is 5.82 Å². The molecule has 0 bridgehead atoms. The molecule has 1 aromatic carbocycles. The minimum Gasteiger partial charge on any atom is -0.309 e. The maximum Gasteiger partial charge on any atom is 0.131 e. The number of pyridine rings is 1. The van der Waals surface area contributed by atoms with Crippen LogP contribution in [-0.2, 0) is 0 Å². The number of halogens is 1. The summed E-state index contributed by atoms with van der Waals surface area (Å²) in [7, 11) is 1.83. The molecule has 1 N–H and O–H groups in total. The van der Waals surface area contributed by atoms with E-state index >= 15 is 0 Å². The molecule has 0 aliphatic rings. The summed E-state index contributed by atoms with van der Waals surface area (Å²) in [5.74, 6) is -0.155. The lowest BCUT2D eigenvalue weighted by Crippen LogP contribution is -2.19. The predicted octanol–water partition coefficient (Wildman–Crippen LogP) is 3.15. The molecule has 18 heavy (non-hydrogen) atoms. The van der Waals surface area contributed by atoms with E-state index in [2.05, 4.69) is 10.3 Å². The Morgan fingerprint density at radius 3 is 2.56 bits per heavy atom. The molecule has 94 valence electrons. The SMILES string of the molecule is CNC(c1ccc(C)nc1)c1cccc(C)c1F. The standard InChI is InChI=1S/C15H17FN2/c1-10-5-4-6-13(14(10)16)15(17-3)12-8-7-11(2)18-9-12/h4-9,15,17H,1-3H3. The van der Waals surface area contributed by atoms with E-state index < -0.39 is 0 Å². The van der Waals surface area contributed by atoms with Crippen molar-refractivity contribution in [1.82, 2.24) is 10.3 Å². The minimum absolute atomic E-state index is 0.155. The van der Waals surface area contributed by atoms with Gasteiger partial charge >= 0.3 is 0 Å². The number of benzene rings is 1. The molecule has 0 aliphatic heterocycles. The van der Waals surface area contributed by atoms with Crippen LogP contribution in [0.5, 0.6) is 0 Å². The van der Waals surface area contributed by atoms with Crippen LogP contribution in [0.25, 0.3) is 0 Å². The molecule has 0 spiro atoms. The van der Waals surface area contributed by atoms with Crippen LogP contribution in [0, 0.1) is 19.7 Å². The Bertz CT molecular complexity index is 535. The van der Waals surface area contributed by atoms with Crippen LogP contribution in [0.2, 0.25) is 0 Å². The number of nitrogens with zero attached hydrogens (tertiary/aromatic N) is 1. The number of nitrogens with one attached hydrogen (secondary N) is 1. The predicted molar refractivity (Wildman–Crippen MR) is 71.0 cm³/mol. The molecule has 0 saturated heterocycles. The van der Waals surface area contributed by atoms with Crippen molar-refractivity contribution in [2.75, 3.05) is 7.05 Å². The Labute approximate surface area is 107 Å². The van der Waals surface area contributed by atoms with Crippen LogP contribution >= 0.6 is 0 Å². The van der Waals surface area contributed by atoms with Crippen molar-refractivity contribution >= 4 is 0 Å². The Kier molecular flexibility index (Phi) is 3.72. The number of aromatic nitrogens is 1. The monoisotopic (exact) mass is 244 g/mol. The van der Waals surface area contributed by atoms with Gasteiger partial charge in [-0.2, -0.15) is 0 Å². The van der Waals surface area contributed by atoms with Gasteiger partial charge in [0.15, 0.2) is 0 Å². The van der Waals surface area contributed by atoms with Crippen LogP contribution in [0.1, 0.15) is 28.4 Å². The second-order valence-electron chi connectivity index (χ2n) is 4.43. The highest BCUT2D eigenvalue weighted by Crippen LogP contribution is 2.25. The molecular formula is C15H17FN2. The van der Waals surface area contributed by atoms with Gasteiger partial charge < -0.3 is 5.32 Å². The van der Waals surface area contributed by atoms with Gasteiger partial charge in [-0.05, 0) is 38.1 Å². The molecular weight excluding hydrogens is 227 g/mol. The smallest absolute Gasteiger partial charge is 0.131 e. The third-order valence-electron chi connectivity index (χ3n) is 3.09. The molecule has 0 radical (unpaired) electrons. The summed E-state index contributed by atoms with van der Waals surface area (Å²) in [5.41, 5.74) is 3.24. The number of hydrogen-bond acceptors (Lipinski definition) is 2. The highest BCUT2D eigenvalue weighted by atomic mass is 19.1. The van der Waals surface area contributed by atoms with E-state index in [1.54, 1.807) is 19.2 Å². The van der Waals surface area contributed by atoms with Crippen LogP contribution in [0.15, 0.2) is 36.5 Å². The molecule has 0 saturated carbocycles. The molecule has 3 heteroatoms. The van der Waals surface area contributed by atoms with E-state index in [0.29, 0.717) is 11.1 Å². The van der Waals surface area contributed by atoms with Crippen molar-refractivity contribution < 1.29 is 4.39 Å². The van der Waals surface area contributed by atoms with Gasteiger partial charge in [-0.25, -0.2) is 4.39 Å². The van der Waals surface area contributed by atoms with E-state index in [4.69, 9.17) is 0 Å². The Morgan fingerprint density at radius 2 is 1.94 bits per heavy atom. The molecule has 0 aliphatic carbocycles. The number of aryl methyl sites for hydroxylation is 2. The molecule has 0 fully saturated rings. The van der Waals surface area contributed by atoms with Crippen molar-refractivity contribution in [2.24, 2.45) is 0 Å². The fraction of sp³-hybridized carbons (Fsp3) is 0.267. The zero-order chi connectivity index (χ0) is 13.1. The van der Waals surface area contributed by atoms with Gasteiger partial charge in [0, 0.05) is 17.5 Å². The van der Waals surface area contributed by atoms with E-state index in [9.17, 15) is 4.39 Å². The normalized spacial score (nSPS) is 12.4. The number of rotatable bonds is 3. The van der Waals surface area contributed by atoms with E-state index in [1.165, 1.54) is 0 Å². The topological polar surface area (TPSA) is 24.9 Å². The fourth-order valence-corrected chi connectivity index (χ4v) is 2.04. The lowest BCUT2D eigenvalue weighted by atomic mass is 9.98. The van der Waals surface area contributed by atoms with Gasteiger partial charge in [-0.15, -0.1) is 0 Å². The average molecular weight is 244 g/mol. The maximum absolute atomic E-state index is 14.1. The molecule has 1 unspecified atom stereocenters. The summed E-state index contributed by atoms with van der Waals surface area (Å²) in [5, 5.41) is 3.14. The van der Waals surface area contributed by atoms with Crippen molar-refractivity contribution in [2.45, 2.75) is 19.9 Å². The Hall–Kier alpha value is -1.74. The third kappa shape index (κ3) is 2.41. The summed E-state index contributed by atoms with van der Waals surface area (Å²) < 4.78 is 14.1. The van der Waals surface area contributed by atoms with Crippen molar-refractivity contribution in [3.63, 3.8) is 0 Å². The zero-order valence-corrected chi connectivity index (χ0v) is 10.9. The van der Waals surface area contributed by atoms with Gasteiger partial charge in [0.2, 0.25) is 0 Å². The highest BCUT2D eigenvalue weighted by Gasteiger charge is 2.17. The Morgan fingerprint density at radius 1 is 1.17 bits per heavy atom. The molecule has 0 amide bonds. The minimum atomic E-state index is -0.169. The summed E-state index contributed by atoms with van der Waals surface area (Å²) in [6.45, 7) is 3.71. The van der Waals surface area contributed by atoms with E-state index in [0.717, 1.165) is 11.3 Å². The first kappa shape index (κ1) is 12.7. The first-order valence-electron chi connectivity index (χ1n) is 5.98. The molecule has 2 rings (SSSR count). The molecule has 1 aromatic heterocycles. The van der Waals surface area contributed by atoms with Crippen LogP contribution in [0.4, 0.5) is 4.39 Å². The molecule has 2 nitrogen and oxygen atoms in total. The summed E-state index contributed by atoms with van der Waals surface area (Å²) in [6, 6.07) is 9.21. The molecule has 2 aromatic rings. The van der Waals surface area contributed by atoms with Gasteiger partial charge in [0.25, 0.3) is 0 Å². The lowest BCUT2D eigenvalue weighted by molar-refractivity contribution is 0.568. The van der Waals surface area contributed by atoms with E-state index in [1.807, 2.05) is 38.2 Å². The van der Waals surface area contributed by atoms with Gasteiger partial charge in [0.05, 0.1) is 6.04 Å². The van der Waals surface area contributed by atoms with Crippen molar-refractivity contribution in [3.05, 3.63) is 64.7 Å². The van der Waals surface area contributed by atoms with Crippen LogP contribution in [-0.4, -0.2) is 12.0 Å². The summed E-state index contributed by atoms with van der Waals surface area (Å²) >= 11 is 0. The highest BCUT2D eigenvalue weighted by molar-refractivity contribution is 5.34. The van der Waals surface area contributed by atoms with Gasteiger partial charge in [-0.3, -0.25) is 4.98 Å². The van der Waals surface area contributed by atoms with Gasteiger partial charge in [-0.1, -0.05) is 24.3 Å². The van der Waals surface area contributed by atoms with E-state index in [-0.39, 0.29) is 11.9 Å². The lowest BCUT2D eigenvalue weighted by Gasteiger charge is -2.18. The molecule has 1 heterocycles. The maximum atomic E-state index is 14.1. The zero-order valence-electron chi connectivity index (χ0n) is 10.9. The quantitative estimate of drug-likeness (QED) is 0.897. The van der Waals surface area contributed by atoms with Crippen LogP contribution < -0.4 is 5.32 Å².